The van der Waals surface area contributed by atoms with Gasteiger partial charge in [-0.3, -0.25) is 4.79 Å². The fourth-order valence-electron chi connectivity index (χ4n) is 3.54. The van der Waals surface area contributed by atoms with Gasteiger partial charge in [0.15, 0.2) is 0 Å². The summed E-state index contributed by atoms with van der Waals surface area (Å²) in [4.78, 5) is 15.4. The Balaban J connectivity index is 1.37. The van der Waals surface area contributed by atoms with Gasteiger partial charge >= 0.3 is 0 Å². The average molecular weight is 333 g/mol. The maximum absolute atomic E-state index is 12.1. The molecule has 1 saturated heterocycles. The summed E-state index contributed by atoms with van der Waals surface area (Å²) in [7, 11) is 0. The predicted molar refractivity (Wildman–Crippen MR) is 102 cm³/mol. The topological polar surface area (TPSA) is 56.9 Å². The van der Waals surface area contributed by atoms with E-state index >= 15 is 0 Å². The van der Waals surface area contributed by atoms with E-state index in [4.69, 9.17) is 0 Å². The van der Waals surface area contributed by atoms with Crippen LogP contribution >= 0.6 is 0 Å². The molecular weight excluding hydrogens is 310 g/mol. The summed E-state index contributed by atoms with van der Waals surface area (Å²) in [5.74, 6) is 0.0735. The van der Waals surface area contributed by atoms with E-state index in [1.54, 1.807) is 0 Å². The molecule has 25 heavy (non-hydrogen) atoms. The van der Waals surface area contributed by atoms with Gasteiger partial charge in [0, 0.05) is 22.8 Å². The number of aromatic amines is 1. The molecule has 4 heteroatoms. The first kappa shape index (κ1) is 15.9. The third kappa shape index (κ3) is 3.59. The molecule has 0 bridgehead atoms. The molecule has 3 aromatic rings. The van der Waals surface area contributed by atoms with Crippen LogP contribution in [0, 0.1) is 0 Å². The second kappa shape index (κ2) is 7.11. The Kier molecular flexibility index (Phi) is 4.53. The molecule has 2 heterocycles. The fourth-order valence-corrected chi connectivity index (χ4v) is 3.54. The van der Waals surface area contributed by atoms with E-state index in [1.165, 1.54) is 22.0 Å². The minimum Gasteiger partial charge on any atom is -0.361 e. The summed E-state index contributed by atoms with van der Waals surface area (Å²) in [6, 6.07) is 16.7. The first-order valence-electron chi connectivity index (χ1n) is 8.98. The number of hydrogen-bond donors (Lipinski definition) is 3. The van der Waals surface area contributed by atoms with Crippen molar-refractivity contribution in [2.45, 2.75) is 31.7 Å². The van der Waals surface area contributed by atoms with Gasteiger partial charge in [-0.1, -0.05) is 24.3 Å². The summed E-state index contributed by atoms with van der Waals surface area (Å²) >= 11 is 0. The quantitative estimate of drug-likeness (QED) is 0.667. The summed E-state index contributed by atoms with van der Waals surface area (Å²) < 4.78 is 0. The van der Waals surface area contributed by atoms with Gasteiger partial charge in [-0.15, -0.1) is 0 Å². The minimum absolute atomic E-state index is 0.0403. The highest BCUT2D eigenvalue weighted by atomic mass is 16.2. The first-order valence-corrected chi connectivity index (χ1v) is 8.98. The summed E-state index contributed by atoms with van der Waals surface area (Å²) in [5.41, 5.74) is 4.71. The van der Waals surface area contributed by atoms with Crippen molar-refractivity contribution < 1.29 is 4.79 Å². The highest BCUT2D eigenvalue weighted by Gasteiger charge is 2.21. The number of fused-ring (bicyclic) bond motifs is 1. The van der Waals surface area contributed by atoms with E-state index in [-0.39, 0.29) is 11.9 Å². The van der Waals surface area contributed by atoms with E-state index in [0.717, 1.165) is 37.9 Å². The molecule has 1 amide bonds. The zero-order chi connectivity index (χ0) is 17.1. The van der Waals surface area contributed by atoms with E-state index < -0.39 is 0 Å². The molecule has 0 saturated carbocycles. The number of anilines is 1. The maximum atomic E-state index is 12.1. The molecule has 0 radical (unpaired) electrons. The van der Waals surface area contributed by atoms with Crippen molar-refractivity contribution in [3.63, 3.8) is 0 Å². The third-order valence-electron chi connectivity index (χ3n) is 4.97. The lowest BCUT2D eigenvalue weighted by Gasteiger charge is -2.11. The van der Waals surface area contributed by atoms with Crippen molar-refractivity contribution in [2.75, 3.05) is 11.9 Å². The Bertz CT molecular complexity index is 860. The molecule has 1 fully saturated rings. The smallest absolute Gasteiger partial charge is 0.241 e. The van der Waals surface area contributed by atoms with E-state index in [1.807, 2.05) is 18.3 Å². The lowest BCUT2D eigenvalue weighted by Crippen LogP contribution is -2.35. The summed E-state index contributed by atoms with van der Waals surface area (Å²) in [5, 5.41) is 7.53. The zero-order valence-electron chi connectivity index (χ0n) is 14.2. The molecule has 4 rings (SSSR count). The Morgan fingerprint density at radius 3 is 2.76 bits per heavy atom. The molecule has 1 aromatic heterocycles. The number of carbonyl (C=O) groups is 1. The molecule has 3 N–H and O–H groups in total. The third-order valence-corrected chi connectivity index (χ3v) is 4.97. The van der Waals surface area contributed by atoms with E-state index in [0.29, 0.717) is 0 Å². The first-order chi connectivity index (χ1) is 12.3. The molecule has 4 nitrogen and oxygen atoms in total. The molecule has 1 unspecified atom stereocenters. The lowest BCUT2D eigenvalue weighted by atomic mass is 10.0. The fraction of sp³-hybridized carbons (Fsp3) is 0.286. The van der Waals surface area contributed by atoms with Gasteiger partial charge in [-0.2, -0.15) is 0 Å². The van der Waals surface area contributed by atoms with Gasteiger partial charge in [-0.25, -0.2) is 0 Å². The monoisotopic (exact) mass is 333 g/mol. The molecule has 128 valence electrons. The molecule has 1 aliphatic rings. The average Bonchev–Trinajstić information content (AvgIpc) is 3.32. The van der Waals surface area contributed by atoms with Crippen molar-refractivity contribution in [1.29, 1.82) is 0 Å². The van der Waals surface area contributed by atoms with Crippen LogP contribution in [0.3, 0.4) is 0 Å². The Morgan fingerprint density at radius 2 is 1.96 bits per heavy atom. The second-order valence-corrected chi connectivity index (χ2v) is 6.69. The number of rotatable bonds is 5. The molecule has 0 spiro atoms. The molecule has 2 aromatic carbocycles. The SMILES string of the molecule is O=C(Nc1ccc(CCc2cccc3[nH]ccc23)cc1)C1CCCN1. The minimum atomic E-state index is -0.0403. The Hall–Kier alpha value is -2.59. The predicted octanol–water partition coefficient (Wildman–Crippen LogP) is 3.64. The molecular formula is C21H23N3O. The summed E-state index contributed by atoms with van der Waals surface area (Å²) in [6.07, 6.45) is 5.99. The van der Waals surface area contributed by atoms with Crippen LogP contribution in [0.5, 0.6) is 0 Å². The van der Waals surface area contributed by atoms with E-state index in [2.05, 4.69) is 52.0 Å². The van der Waals surface area contributed by atoms with Crippen LogP contribution in [0.1, 0.15) is 24.0 Å². The zero-order valence-corrected chi connectivity index (χ0v) is 14.2. The van der Waals surface area contributed by atoms with Crippen molar-refractivity contribution in [1.82, 2.24) is 10.3 Å². The van der Waals surface area contributed by atoms with Crippen LogP contribution < -0.4 is 10.6 Å². The number of aryl methyl sites for hydroxylation is 2. The number of amides is 1. The van der Waals surface area contributed by atoms with Crippen LogP contribution in [-0.4, -0.2) is 23.5 Å². The Morgan fingerprint density at radius 1 is 1.08 bits per heavy atom. The molecule has 1 aliphatic heterocycles. The van der Waals surface area contributed by atoms with Crippen molar-refractivity contribution in [2.24, 2.45) is 0 Å². The van der Waals surface area contributed by atoms with Crippen LogP contribution in [0.4, 0.5) is 5.69 Å². The highest BCUT2D eigenvalue weighted by molar-refractivity contribution is 5.95. The van der Waals surface area contributed by atoms with Crippen molar-refractivity contribution in [3.05, 3.63) is 65.9 Å². The standard InChI is InChI=1S/C21H23N3O/c25-21(20-5-2-13-22-20)24-17-10-7-15(8-11-17)6-9-16-3-1-4-19-18(16)12-14-23-19/h1,3-4,7-8,10-12,14,20,22-23H,2,5-6,9,13H2,(H,24,25). The van der Waals surface area contributed by atoms with Crippen LogP contribution in [0.15, 0.2) is 54.7 Å². The maximum Gasteiger partial charge on any atom is 0.241 e. The highest BCUT2D eigenvalue weighted by Crippen LogP contribution is 2.20. The Labute approximate surface area is 147 Å². The van der Waals surface area contributed by atoms with Gasteiger partial charge in [0.25, 0.3) is 0 Å². The number of aromatic nitrogens is 1. The number of benzene rings is 2. The van der Waals surface area contributed by atoms with Gasteiger partial charge in [0.1, 0.15) is 0 Å². The van der Waals surface area contributed by atoms with Crippen LogP contribution in [-0.2, 0) is 17.6 Å². The van der Waals surface area contributed by atoms with Gasteiger partial charge in [0.2, 0.25) is 5.91 Å². The number of hydrogen-bond acceptors (Lipinski definition) is 2. The van der Waals surface area contributed by atoms with Crippen molar-refractivity contribution in [3.8, 4) is 0 Å². The van der Waals surface area contributed by atoms with Crippen LogP contribution in [0.25, 0.3) is 10.9 Å². The molecule has 1 atom stereocenters. The lowest BCUT2D eigenvalue weighted by molar-refractivity contribution is -0.117. The van der Waals surface area contributed by atoms with Gasteiger partial charge < -0.3 is 15.6 Å². The molecule has 0 aliphatic carbocycles. The normalized spacial score (nSPS) is 17.0. The number of nitrogens with one attached hydrogen (secondary N) is 3. The van der Waals surface area contributed by atoms with Crippen molar-refractivity contribution >= 4 is 22.5 Å². The van der Waals surface area contributed by atoms with E-state index in [9.17, 15) is 4.79 Å². The largest absolute Gasteiger partial charge is 0.361 e. The second-order valence-electron chi connectivity index (χ2n) is 6.69. The van der Waals surface area contributed by atoms with Gasteiger partial charge in [-0.05, 0) is 67.6 Å². The number of H-pyrrole nitrogens is 1. The number of carbonyl (C=O) groups excluding carboxylic acids is 1. The van der Waals surface area contributed by atoms with Gasteiger partial charge in [0.05, 0.1) is 6.04 Å². The van der Waals surface area contributed by atoms with Crippen LogP contribution in [0.2, 0.25) is 0 Å². The summed E-state index contributed by atoms with van der Waals surface area (Å²) in [6.45, 7) is 0.935.